The van der Waals surface area contributed by atoms with Crippen molar-refractivity contribution in [2.24, 2.45) is 0 Å². The third-order valence-corrected chi connectivity index (χ3v) is 4.02. The molecule has 0 radical (unpaired) electrons. The van der Waals surface area contributed by atoms with Gasteiger partial charge in [0.1, 0.15) is 0 Å². The fourth-order valence-corrected chi connectivity index (χ4v) is 3.72. The van der Waals surface area contributed by atoms with Crippen LogP contribution in [0.25, 0.3) is 0 Å². The maximum atomic E-state index is 5.87. The highest BCUT2D eigenvalue weighted by Crippen LogP contribution is 2.17. The normalized spacial score (nSPS) is 11.9. The molecule has 0 atom stereocenters. The molecule has 0 spiro atoms. The van der Waals surface area contributed by atoms with Crippen LogP contribution in [0, 0.1) is 0 Å². The van der Waals surface area contributed by atoms with Crippen LogP contribution in [-0.4, -0.2) is 14.6 Å². The Labute approximate surface area is 97.8 Å². The second-order valence-corrected chi connectivity index (χ2v) is 8.25. The predicted molar refractivity (Wildman–Crippen MR) is 68.8 cm³/mol. The van der Waals surface area contributed by atoms with E-state index in [1.165, 1.54) is 0 Å². The van der Waals surface area contributed by atoms with Gasteiger partial charge in [0.2, 0.25) is 0 Å². The van der Waals surface area contributed by atoms with E-state index < -0.39 is 8.48 Å². The largest absolute Gasteiger partial charge is 0.397 e. The summed E-state index contributed by atoms with van der Waals surface area (Å²) >= 11 is 5.82. The van der Waals surface area contributed by atoms with Gasteiger partial charge in [-0.1, -0.05) is 11.6 Å². The minimum absolute atomic E-state index is 0.256. The highest BCUT2D eigenvalue weighted by Gasteiger charge is 2.24. The van der Waals surface area contributed by atoms with Crippen LogP contribution in [0.5, 0.6) is 0 Å². The molecule has 0 bridgehead atoms. The van der Waals surface area contributed by atoms with Crippen molar-refractivity contribution in [2.45, 2.75) is 33.0 Å². The Hall–Kier alpha value is -0.513. The molecule has 0 aliphatic rings. The Balaban J connectivity index is 2.64. The maximum Gasteiger partial charge on any atom is 0.292 e. The standard InChI is InChI=1S/C11H18ClNOSi/c1-9(2)14-15(3,4)13-11-7-5-10(12)6-8-11/h5-9,13H,1-4H3. The molecular weight excluding hydrogens is 226 g/mol. The van der Waals surface area contributed by atoms with E-state index in [9.17, 15) is 0 Å². The van der Waals surface area contributed by atoms with Crippen molar-refractivity contribution in [1.29, 1.82) is 0 Å². The van der Waals surface area contributed by atoms with Crippen LogP contribution in [-0.2, 0) is 4.43 Å². The molecule has 0 heterocycles. The molecule has 0 saturated carbocycles. The predicted octanol–water partition coefficient (Wildman–Crippen LogP) is 3.88. The van der Waals surface area contributed by atoms with Crippen LogP contribution < -0.4 is 4.98 Å². The van der Waals surface area contributed by atoms with E-state index in [4.69, 9.17) is 16.0 Å². The van der Waals surface area contributed by atoms with E-state index in [0.717, 1.165) is 10.7 Å². The molecule has 1 rings (SSSR count). The van der Waals surface area contributed by atoms with Gasteiger partial charge >= 0.3 is 0 Å². The van der Waals surface area contributed by atoms with E-state index in [1.807, 2.05) is 24.3 Å². The van der Waals surface area contributed by atoms with Gasteiger partial charge in [-0.05, 0) is 51.2 Å². The van der Waals surface area contributed by atoms with Crippen LogP contribution in [0.3, 0.4) is 0 Å². The summed E-state index contributed by atoms with van der Waals surface area (Å²) in [6.07, 6.45) is 0.256. The zero-order chi connectivity index (χ0) is 11.5. The van der Waals surface area contributed by atoms with Crippen LogP contribution >= 0.6 is 11.6 Å². The second kappa shape index (κ2) is 5.01. The molecule has 2 nitrogen and oxygen atoms in total. The summed E-state index contributed by atoms with van der Waals surface area (Å²) in [5.74, 6) is 0. The van der Waals surface area contributed by atoms with Crippen molar-refractivity contribution in [3.8, 4) is 0 Å². The summed E-state index contributed by atoms with van der Waals surface area (Å²) in [6.45, 7) is 8.39. The maximum absolute atomic E-state index is 5.87. The average Bonchev–Trinajstić information content (AvgIpc) is 2.06. The molecule has 1 aromatic carbocycles. The minimum Gasteiger partial charge on any atom is -0.397 e. The smallest absolute Gasteiger partial charge is 0.292 e. The summed E-state index contributed by atoms with van der Waals surface area (Å²) in [5.41, 5.74) is 1.07. The van der Waals surface area contributed by atoms with E-state index in [2.05, 4.69) is 31.9 Å². The first kappa shape index (κ1) is 12.6. The van der Waals surface area contributed by atoms with Crippen molar-refractivity contribution in [1.82, 2.24) is 0 Å². The highest BCUT2D eigenvalue weighted by molar-refractivity contribution is 6.74. The van der Waals surface area contributed by atoms with Crippen molar-refractivity contribution >= 4 is 25.8 Å². The number of rotatable bonds is 4. The number of anilines is 1. The zero-order valence-electron chi connectivity index (χ0n) is 9.67. The molecule has 4 heteroatoms. The molecule has 0 aromatic heterocycles. The topological polar surface area (TPSA) is 21.3 Å². The molecule has 0 aliphatic carbocycles. The molecule has 1 N–H and O–H groups in total. The number of nitrogens with one attached hydrogen (secondary N) is 1. The van der Waals surface area contributed by atoms with Crippen molar-refractivity contribution in [3.63, 3.8) is 0 Å². The van der Waals surface area contributed by atoms with Gasteiger partial charge in [0, 0.05) is 16.8 Å². The summed E-state index contributed by atoms with van der Waals surface area (Å²) in [6, 6.07) is 7.70. The molecular formula is C11H18ClNOSi. The molecule has 0 aliphatic heterocycles. The van der Waals surface area contributed by atoms with E-state index in [-0.39, 0.29) is 6.10 Å². The van der Waals surface area contributed by atoms with Crippen LogP contribution in [0.15, 0.2) is 24.3 Å². The second-order valence-electron chi connectivity index (χ2n) is 4.31. The molecule has 15 heavy (non-hydrogen) atoms. The number of benzene rings is 1. The van der Waals surface area contributed by atoms with Gasteiger partial charge in [-0.2, -0.15) is 0 Å². The number of halogens is 1. The fraction of sp³-hybridized carbons (Fsp3) is 0.455. The summed E-state index contributed by atoms with van der Waals surface area (Å²) in [7, 11) is -1.82. The number of hydrogen-bond donors (Lipinski definition) is 1. The van der Waals surface area contributed by atoms with E-state index in [1.54, 1.807) is 0 Å². The molecule has 1 aromatic rings. The summed E-state index contributed by atoms with van der Waals surface area (Å²) in [4.78, 5) is 3.43. The Bertz CT molecular complexity index is 311. The first-order valence-corrected chi connectivity index (χ1v) is 8.39. The van der Waals surface area contributed by atoms with Gasteiger partial charge < -0.3 is 9.41 Å². The monoisotopic (exact) mass is 243 g/mol. The van der Waals surface area contributed by atoms with E-state index >= 15 is 0 Å². The van der Waals surface area contributed by atoms with Crippen molar-refractivity contribution in [2.75, 3.05) is 4.98 Å². The quantitative estimate of drug-likeness (QED) is 0.811. The lowest BCUT2D eigenvalue weighted by molar-refractivity contribution is 0.235. The molecule has 0 unspecified atom stereocenters. The van der Waals surface area contributed by atoms with Gasteiger partial charge in [0.05, 0.1) is 0 Å². The SMILES string of the molecule is CC(C)O[Si](C)(C)Nc1ccc(Cl)cc1. The minimum atomic E-state index is -1.82. The van der Waals surface area contributed by atoms with Crippen molar-refractivity contribution < 1.29 is 4.43 Å². The van der Waals surface area contributed by atoms with Crippen LogP contribution in [0.2, 0.25) is 18.1 Å². The first-order valence-electron chi connectivity index (χ1n) is 5.10. The average molecular weight is 244 g/mol. The lowest BCUT2D eigenvalue weighted by Crippen LogP contribution is -2.42. The first-order chi connectivity index (χ1) is 6.89. The van der Waals surface area contributed by atoms with Gasteiger partial charge in [0.25, 0.3) is 8.48 Å². The molecule has 0 amide bonds. The highest BCUT2D eigenvalue weighted by atomic mass is 35.5. The zero-order valence-corrected chi connectivity index (χ0v) is 11.4. The van der Waals surface area contributed by atoms with Crippen molar-refractivity contribution in [3.05, 3.63) is 29.3 Å². The Morgan fingerprint density at radius 3 is 2.20 bits per heavy atom. The van der Waals surface area contributed by atoms with Crippen LogP contribution in [0.1, 0.15) is 13.8 Å². The Morgan fingerprint density at radius 2 is 1.73 bits per heavy atom. The third-order valence-electron chi connectivity index (χ3n) is 1.82. The summed E-state index contributed by atoms with van der Waals surface area (Å²) < 4.78 is 5.87. The third kappa shape index (κ3) is 4.69. The Kier molecular flexibility index (Phi) is 4.19. The molecule has 0 saturated heterocycles. The summed E-state index contributed by atoms with van der Waals surface area (Å²) in [5, 5.41) is 0.754. The fourth-order valence-electron chi connectivity index (χ4n) is 1.50. The number of hydrogen-bond acceptors (Lipinski definition) is 2. The lowest BCUT2D eigenvalue weighted by Gasteiger charge is -2.27. The lowest BCUT2D eigenvalue weighted by atomic mass is 10.3. The molecule has 84 valence electrons. The Morgan fingerprint density at radius 1 is 1.20 bits per heavy atom. The van der Waals surface area contributed by atoms with Crippen LogP contribution in [0.4, 0.5) is 5.69 Å². The molecule has 0 fully saturated rings. The van der Waals surface area contributed by atoms with E-state index in [0.29, 0.717) is 0 Å². The van der Waals surface area contributed by atoms with Gasteiger partial charge in [-0.25, -0.2) is 0 Å². The van der Waals surface area contributed by atoms with Gasteiger partial charge in [0.15, 0.2) is 0 Å². The van der Waals surface area contributed by atoms with Gasteiger partial charge in [-0.15, -0.1) is 0 Å². The van der Waals surface area contributed by atoms with Gasteiger partial charge in [-0.3, -0.25) is 0 Å².